The first kappa shape index (κ1) is 23.3. The van der Waals surface area contributed by atoms with E-state index in [-0.39, 0.29) is 11.9 Å². The molecule has 2 aromatic rings. The van der Waals surface area contributed by atoms with E-state index in [2.05, 4.69) is 10.00 Å². The van der Waals surface area contributed by atoms with Crippen molar-refractivity contribution >= 4 is 5.91 Å². The van der Waals surface area contributed by atoms with E-state index < -0.39 is 11.7 Å². The third-order valence-corrected chi connectivity index (χ3v) is 5.83. The highest BCUT2D eigenvalue weighted by molar-refractivity contribution is 5.93. The second kappa shape index (κ2) is 9.85. The van der Waals surface area contributed by atoms with Crippen LogP contribution in [0.15, 0.2) is 36.7 Å². The Morgan fingerprint density at radius 3 is 2.77 bits per heavy atom. The highest BCUT2D eigenvalue weighted by Gasteiger charge is 2.30. The number of piperidine rings is 1. The van der Waals surface area contributed by atoms with Crippen molar-refractivity contribution in [1.82, 2.24) is 19.6 Å². The first-order valence-electron chi connectivity index (χ1n) is 10.8. The van der Waals surface area contributed by atoms with Gasteiger partial charge >= 0.3 is 6.18 Å². The molecule has 1 aromatic carbocycles. The van der Waals surface area contributed by atoms with E-state index in [9.17, 15) is 18.0 Å². The van der Waals surface area contributed by atoms with E-state index in [0.717, 1.165) is 38.5 Å². The number of carbonyl (C=O) groups is 1. The molecule has 1 atom stereocenters. The van der Waals surface area contributed by atoms with E-state index in [4.69, 9.17) is 0 Å². The standard InChI is InChI=1S/C23H31F3N4O/c1-17(2)30-16-20(13-27-30)22(31)28(3)14-19-7-5-10-29(15-19)11-9-18-6-4-8-21(12-18)23(24,25)26/h4,6,8,12-13,16-17,19H,5,7,9-11,14-15H2,1-3H3. The zero-order valence-corrected chi connectivity index (χ0v) is 18.4. The van der Waals surface area contributed by atoms with Crippen LogP contribution in [-0.4, -0.2) is 58.7 Å². The third kappa shape index (κ3) is 6.32. The summed E-state index contributed by atoms with van der Waals surface area (Å²) in [6.45, 7) is 7.19. The van der Waals surface area contributed by atoms with E-state index in [1.54, 1.807) is 28.0 Å². The zero-order chi connectivity index (χ0) is 22.6. The molecule has 1 aromatic heterocycles. The lowest BCUT2D eigenvalue weighted by Crippen LogP contribution is -2.42. The number of rotatable bonds is 7. The van der Waals surface area contributed by atoms with Gasteiger partial charge in [0.1, 0.15) is 0 Å². The van der Waals surface area contributed by atoms with E-state index >= 15 is 0 Å². The number of hydrogen-bond donors (Lipinski definition) is 0. The summed E-state index contributed by atoms with van der Waals surface area (Å²) in [6, 6.07) is 5.78. The first-order valence-corrected chi connectivity index (χ1v) is 10.8. The molecule has 0 bridgehead atoms. The molecule has 1 aliphatic rings. The molecule has 0 spiro atoms. The van der Waals surface area contributed by atoms with Crippen molar-refractivity contribution in [3.05, 3.63) is 53.3 Å². The molecule has 2 heterocycles. The van der Waals surface area contributed by atoms with Gasteiger partial charge in [0.05, 0.1) is 17.3 Å². The number of carbonyl (C=O) groups excluding carboxylic acids is 1. The minimum absolute atomic E-state index is 0.0343. The summed E-state index contributed by atoms with van der Waals surface area (Å²) in [6.07, 6.45) is 1.74. The van der Waals surface area contributed by atoms with Crippen molar-refractivity contribution in [3.63, 3.8) is 0 Å². The van der Waals surface area contributed by atoms with Gasteiger partial charge in [-0.1, -0.05) is 18.2 Å². The summed E-state index contributed by atoms with van der Waals surface area (Å²) >= 11 is 0. The van der Waals surface area contributed by atoms with E-state index in [1.807, 2.05) is 20.9 Å². The summed E-state index contributed by atoms with van der Waals surface area (Å²) in [7, 11) is 1.82. The fourth-order valence-electron chi connectivity index (χ4n) is 4.12. The van der Waals surface area contributed by atoms with Gasteiger partial charge in [0.25, 0.3) is 5.91 Å². The molecule has 1 fully saturated rings. The number of amides is 1. The maximum absolute atomic E-state index is 12.9. The molecular formula is C23H31F3N4O. The van der Waals surface area contributed by atoms with Gasteiger partial charge in [-0.05, 0) is 57.2 Å². The summed E-state index contributed by atoms with van der Waals surface area (Å²) in [5.74, 6) is 0.317. The second-order valence-electron chi connectivity index (χ2n) is 8.75. The predicted octanol–water partition coefficient (Wildman–Crippen LogP) is 4.51. The van der Waals surface area contributed by atoms with Crippen LogP contribution in [0.3, 0.4) is 0 Å². The van der Waals surface area contributed by atoms with Crippen molar-refractivity contribution in [2.24, 2.45) is 5.92 Å². The Labute approximate surface area is 181 Å². The highest BCUT2D eigenvalue weighted by atomic mass is 19.4. The summed E-state index contributed by atoms with van der Waals surface area (Å²) in [4.78, 5) is 16.8. The van der Waals surface area contributed by atoms with Crippen LogP contribution >= 0.6 is 0 Å². The van der Waals surface area contributed by atoms with Crippen LogP contribution in [-0.2, 0) is 12.6 Å². The van der Waals surface area contributed by atoms with Crippen molar-refractivity contribution in [2.75, 3.05) is 33.2 Å². The summed E-state index contributed by atoms with van der Waals surface area (Å²) in [5.41, 5.74) is 0.697. The van der Waals surface area contributed by atoms with Gasteiger partial charge in [0.15, 0.2) is 0 Å². The Morgan fingerprint density at radius 1 is 1.32 bits per heavy atom. The molecule has 0 N–H and O–H groups in total. The van der Waals surface area contributed by atoms with Gasteiger partial charge in [-0.25, -0.2) is 0 Å². The first-order chi connectivity index (χ1) is 14.6. The van der Waals surface area contributed by atoms with E-state index in [0.29, 0.717) is 30.0 Å². The monoisotopic (exact) mass is 436 g/mol. The molecule has 1 saturated heterocycles. The average Bonchev–Trinajstić information content (AvgIpc) is 3.22. The lowest BCUT2D eigenvalue weighted by molar-refractivity contribution is -0.137. The second-order valence-corrected chi connectivity index (χ2v) is 8.75. The van der Waals surface area contributed by atoms with Gasteiger partial charge in [-0.3, -0.25) is 9.48 Å². The minimum atomic E-state index is -4.31. The number of nitrogens with zero attached hydrogens (tertiary/aromatic N) is 4. The number of aromatic nitrogens is 2. The quantitative estimate of drug-likeness (QED) is 0.641. The maximum Gasteiger partial charge on any atom is 0.416 e. The fraction of sp³-hybridized carbons (Fsp3) is 0.565. The maximum atomic E-state index is 12.9. The lowest BCUT2D eigenvalue weighted by atomic mass is 9.96. The smallest absolute Gasteiger partial charge is 0.341 e. The molecule has 0 radical (unpaired) electrons. The molecule has 170 valence electrons. The summed E-state index contributed by atoms with van der Waals surface area (Å²) in [5, 5.41) is 4.24. The molecule has 1 amide bonds. The minimum Gasteiger partial charge on any atom is -0.341 e. The average molecular weight is 437 g/mol. The number of halogens is 3. The normalized spacial score (nSPS) is 17.8. The SMILES string of the molecule is CC(C)n1cc(C(=O)N(C)CC2CCCN(CCc3cccc(C(F)(F)F)c3)C2)cn1. The van der Waals surface area contributed by atoms with Gasteiger partial charge in [0.2, 0.25) is 0 Å². The van der Waals surface area contributed by atoms with Crippen LogP contribution in [0.5, 0.6) is 0 Å². The van der Waals surface area contributed by atoms with Crippen molar-refractivity contribution in [1.29, 1.82) is 0 Å². The molecule has 1 aliphatic heterocycles. The number of benzene rings is 1. The van der Waals surface area contributed by atoms with Gasteiger partial charge in [-0.2, -0.15) is 18.3 Å². The van der Waals surface area contributed by atoms with Crippen molar-refractivity contribution in [3.8, 4) is 0 Å². The molecule has 5 nitrogen and oxygen atoms in total. The van der Waals surface area contributed by atoms with Crippen LogP contribution in [0.1, 0.15) is 54.2 Å². The Hall–Kier alpha value is -2.35. The number of hydrogen-bond acceptors (Lipinski definition) is 3. The molecular weight excluding hydrogens is 405 g/mol. The zero-order valence-electron chi connectivity index (χ0n) is 18.4. The molecule has 0 saturated carbocycles. The van der Waals surface area contributed by atoms with Gasteiger partial charge < -0.3 is 9.80 Å². The molecule has 31 heavy (non-hydrogen) atoms. The predicted molar refractivity (Wildman–Crippen MR) is 114 cm³/mol. The molecule has 8 heteroatoms. The fourth-order valence-corrected chi connectivity index (χ4v) is 4.12. The summed E-state index contributed by atoms with van der Waals surface area (Å²) < 4.78 is 40.5. The Balaban J connectivity index is 1.51. The number of alkyl halides is 3. The lowest BCUT2D eigenvalue weighted by Gasteiger charge is -2.34. The Morgan fingerprint density at radius 2 is 2.10 bits per heavy atom. The molecule has 3 rings (SSSR count). The van der Waals surface area contributed by atoms with Crippen molar-refractivity contribution < 1.29 is 18.0 Å². The van der Waals surface area contributed by atoms with Crippen LogP contribution in [0.4, 0.5) is 13.2 Å². The van der Waals surface area contributed by atoms with Crippen molar-refractivity contribution in [2.45, 2.75) is 45.3 Å². The highest BCUT2D eigenvalue weighted by Crippen LogP contribution is 2.29. The third-order valence-electron chi connectivity index (χ3n) is 5.83. The topological polar surface area (TPSA) is 41.4 Å². The Kier molecular flexibility index (Phi) is 7.41. The largest absolute Gasteiger partial charge is 0.416 e. The Bertz CT molecular complexity index is 878. The van der Waals surface area contributed by atoms with Gasteiger partial charge in [0, 0.05) is 38.9 Å². The number of likely N-dealkylation sites (tertiary alicyclic amines) is 1. The van der Waals surface area contributed by atoms with Crippen LogP contribution in [0.25, 0.3) is 0 Å². The van der Waals surface area contributed by atoms with Crippen LogP contribution in [0.2, 0.25) is 0 Å². The molecule has 0 aliphatic carbocycles. The molecule has 1 unspecified atom stereocenters. The van der Waals surface area contributed by atoms with Gasteiger partial charge in [-0.15, -0.1) is 0 Å². The van der Waals surface area contributed by atoms with Crippen LogP contribution < -0.4 is 0 Å². The van der Waals surface area contributed by atoms with Crippen LogP contribution in [0, 0.1) is 5.92 Å². The van der Waals surface area contributed by atoms with E-state index in [1.165, 1.54) is 12.1 Å².